The summed E-state index contributed by atoms with van der Waals surface area (Å²) in [5, 5.41) is 7.04. The minimum Gasteiger partial charge on any atom is -0.354 e. The largest absolute Gasteiger partial charge is 0.354 e. The van der Waals surface area contributed by atoms with Gasteiger partial charge in [-0.2, -0.15) is 0 Å². The molecule has 0 saturated heterocycles. The number of hydrogen-bond donors (Lipinski definition) is 2. The molecule has 1 aromatic rings. The molecular weight excluding hydrogens is 296 g/mol. The van der Waals surface area contributed by atoms with E-state index in [0.29, 0.717) is 6.04 Å². The average molecular weight is 331 g/mol. The molecule has 1 aliphatic rings. The maximum absolute atomic E-state index is 4.38. The van der Waals surface area contributed by atoms with Crippen LogP contribution in [0.15, 0.2) is 29.3 Å². The van der Waals surface area contributed by atoms with Gasteiger partial charge < -0.3 is 10.6 Å². The summed E-state index contributed by atoms with van der Waals surface area (Å²) in [6, 6.07) is 9.45. The summed E-state index contributed by atoms with van der Waals surface area (Å²) in [7, 11) is 1.86. The molecule has 0 amide bonds. The van der Waals surface area contributed by atoms with E-state index < -0.39 is 0 Å². The Morgan fingerprint density at radius 1 is 1.12 bits per heavy atom. The van der Waals surface area contributed by atoms with E-state index >= 15 is 0 Å². The quantitative estimate of drug-likeness (QED) is 0.593. The first-order valence-corrected chi connectivity index (χ1v) is 9.52. The standard InChI is InChI=1S/C20H34N4/c1-4-24(5-2)16-18-11-9-10-17(14-18)15-22-20(21-3)23-19-12-7-6-8-13-19/h9-11,14,19H,4-8,12-13,15-16H2,1-3H3,(H2,21,22,23). The Balaban J connectivity index is 1.85. The van der Waals surface area contributed by atoms with E-state index in [9.17, 15) is 0 Å². The number of benzene rings is 1. The lowest BCUT2D eigenvalue weighted by Crippen LogP contribution is -2.43. The van der Waals surface area contributed by atoms with Gasteiger partial charge in [0.25, 0.3) is 0 Å². The molecule has 0 aromatic heterocycles. The van der Waals surface area contributed by atoms with Crippen LogP contribution in [0.25, 0.3) is 0 Å². The van der Waals surface area contributed by atoms with Gasteiger partial charge in [0.2, 0.25) is 0 Å². The molecule has 1 fully saturated rings. The zero-order valence-corrected chi connectivity index (χ0v) is 15.6. The second-order valence-electron chi connectivity index (χ2n) is 6.69. The number of guanidine groups is 1. The van der Waals surface area contributed by atoms with Gasteiger partial charge in [-0.25, -0.2) is 0 Å². The van der Waals surface area contributed by atoms with E-state index in [0.717, 1.165) is 32.1 Å². The van der Waals surface area contributed by atoms with Crippen molar-refractivity contribution in [3.05, 3.63) is 35.4 Å². The molecule has 0 spiro atoms. The Kier molecular flexibility index (Phi) is 8.10. The summed E-state index contributed by atoms with van der Waals surface area (Å²) in [5.41, 5.74) is 2.69. The first-order chi connectivity index (χ1) is 11.7. The van der Waals surface area contributed by atoms with E-state index in [4.69, 9.17) is 0 Å². The van der Waals surface area contributed by atoms with Crippen LogP contribution in [0.5, 0.6) is 0 Å². The molecule has 0 aliphatic heterocycles. The van der Waals surface area contributed by atoms with Gasteiger partial charge in [0.1, 0.15) is 0 Å². The van der Waals surface area contributed by atoms with Gasteiger partial charge in [-0.1, -0.05) is 57.4 Å². The third-order valence-corrected chi connectivity index (χ3v) is 4.92. The van der Waals surface area contributed by atoms with E-state index in [-0.39, 0.29) is 0 Å². The predicted octanol–water partition coefficient (Wildman–Crippen LogP) is 3.53. The Morgan fingerprint density at radius 2 is 1.83 bits per heavy atom. The summed E-state index contributed by atoms with van der Waals surface area (Å²) < 4.78 is 0. The molecule has 1 aromatic carbocycles. The van der Waals surface area contributed by atoms with Crippen molar-refractivity contribution < 1.29 is 0 Å². The third-order valence-electron chi connectivity index (χ3n) is 4.92. The highest BCUT2D eigenvalue weighted by Gasteiger charge is 2.14. The first-order valence-electron chi connectivity index (χ1n) is 9.52. The summed E-state index contributed by atoms with van der Waals surface area (Å²) >= 11 is 0. The van der Waals surface area contributed by atoms with Crippen molar-refractivity contribution in [1.82, 2.24) is 15.5 Å². The van der Waals surface area contributed by atoms with E-state index in [1.54, 1.807) is 0 Å². The fourth-order valence-electron chi connectivity index (χ4n) is 3.36. The molecule has 4 heteroatoms. The number of nitrogens with zero attached hydrogens (tertiary/aromatic N) is 2. The number of nitrogens with one attached hydrogen (secondary N) is 2. The highest BCUT2D eigenvalue weighted by atomic mass is 15.2. The van der Waals surface area contributed by atoms with Crippen LogP contribution in [0.3, 0.4) is 0 Å². The Bertz CT molecular complexity index is 502. The predicted molar refractivity (Wildman–Crippen MR) is 103 cm³/mol. The lowest BCUT2D eigenvalue weighted by atomic mass is 9.96. The minimum absolute atomic E-state index is 0.582. The van der Waals surface area contributed by atoms with Gasteiger partial charge in [0.15, 0.2) is 5.96 Å². The van der Waals surface area contributed by atoms with Crippen LogP contribution in [-0.2, 0) is 13.1 Å². The van der Waals surface area contributed by atoms with Crippen molar-refractivity contribution >= 4 is 5.96 Å². The van der Waals surface area contributed by atoms with Crippen LogP contribution in [0.1, 0.15) is 57.1 Å². The van der Waals surface area contributed by atoms with Crippen molar-refractivity contribution in [1.29, 1.82) is 0 Å². The van der Waals surface area contributed by atoms with Crippen molar-refractivity contribution in [3.63, 3.8) is 0 Å². The molecule has 2 rings (SSSR count). The molecule has 1 aliphatic carbocycles. The van der Waals surface area contributed by atoms with Gasteiger partial charge in [-0.15, -0.1) is 0 Å². The van der Waals surface area contributed by atoms with Crippen LogP contribution < -0.4 is 10.6 Å². The van der Waals surface area contributed by atoms with Crippen LogP contribution in [0.2, 0.25) is 0 Å². The summed E-state index contributed by atoms with van der Waals surface area (Å²) in [4.78, 5) is 6.82. The smallest absolute Gasteiger partial charge is 0.191 e. The monoisotopic (exact) mass is 330 g/mol. The fourth-order valence-corrected chi connectivity index (χ4v) is 3.36. The minimum atomic E-state index is 0.582. The molecule has 4 nitrogen and oxygen atoms in total. The van der Waals surface area contributed by atoms with E-state index in [1.807, 2.05) is 7.05 Å². The first kappa shape index (κ1) is 18.8. The van der Waals surface area contributed by atoms with Gasteiger partial charge in [-0.3, -0.25) is 9.89 Å². The Labute approximate surface area is 147 Å². The third kappa shape index (κ3) is 6.16. The van der Waals surface area contributed by atoms with Crippen molar-refractivity contribution in [2.24, 2.45) is 4.99 Å². The molecule has 0 radical (unpaired) electrons. The zero-order chi connectivity index (χ0) is 17.2. The second kappa shape index (κ2) is 10.3. The lowest BCUT2D eigenvalue weighted by Gasteiger charge is -2.25. The summed E-state index contributed by atoms with van der Waals surface area (Å²) in [6.45, 7) is 8.47. The number of rotatable bonds is 7. The van der Waals surface area contributed by atoms with Crippen LogP contribution >= 0.6 is 0 Å². The average Bonchev–Trinajstić information content (AvgIpc) is 2.64. The number of aliphatic imine (C=N–C) groups is 1. The van der Waals surface area contributed by atoms with Crippen molar-refractivity contribution in [2.45, 2.75) is 65.1 Å². The van der Waals surface area contributed by atoms with Crippen LogP contribution in [0, 0.1) is 0 Å². The van der Waals surface area contributed by atoms with Crippen LogP contribution in [-0.4, -0.2) is 37.0 Å². The second-order valence-corrected chi connectivity index (χ2v) is 6.69. The van der Waals surface area contributed by atoms with E-state index in [2.05, 4.69) is 58.6 Å². The maximum Gasteiger partial charge on any atom is 0.191 e. The molecule has 0 unspecified atom stereocenters. The summed E-state index contributed by atoms with van der Waals surface area (Å²) in [5.74, 6) is 0.927. The molecule has 134 valence electrons. The fraction of sp³-hybridized carbons (Fsp3) is 0.650. The molecule has 0 bridgehead atoms. The van der Waals surface area contributed by atoms with Gasteiger partial charge >= 0.3 is 0 Å². The molecule has 1 saturated carbocycles. The Hall–Kier alpha value is -1.55. The van der Waals surface area contributed by atoms with Crippen molar-refractivity contribution in [3.8, 4) is 0 Å². The lowest BCUT2D eigenvalue weighted by molar-refractivity contribution is 0.296. The summed E-state index contributed by atoms with van der Waals surface area (Å²) in [6.07, 6.45) is 6.58. The van der Waals surface area contributed by atoms with E-state index in [1.165, 1.54) is 43.2 Å². The maximum atomic E-state index is 4.38. The zero-order valence-electron chi connectivity index (χ0n) is 15.6. The van der Waals surface area contributed by atoms with Crippen LogP contribution in [0.4, 0.5) is 0 Å². The topological polar surface area (TPSA) is 39.7 Å². The van der Waals surface area contributed by atoms with Crippen molar-refractivity contribution in [2.75, 3.05) is 20.1 Å². The normalized spacial score (nSPS) is 16.4. The van der Waals surface area contributed by atoms with Gasteiger partial charge in [0, 0.05) is 26.2 Å². The highest BCUT2D eigenvalue weighted by Crippen LogP contribution is 2.17. The highest BCUT2D eigenvalue weighted by molar-refractivity contribution is 5.79. The molecule has 0 atom stereocenters. The van der Waals surface area contributed by atoms with Gasteiger partial charge in [0.05, 0.1) is 0 Å². The molecular formula is C20H34N4. The SMILES string of the molecule is CCN(CC)Cc1cccc(CNC(=NC)NC2CCCCC2)c1. The Morgan fingerprint density at radius 3 is 2.50 bits per heavy atom. The molecule has 2 N–H and O–H groups in total. The molecule has 24 heavy (non-hydrogen) atoms. The van der Waals surface area contributed by atoms with Gasteiger partial charge in [-0.05, 0) is 37.1 Å². The molecule has 0 heterocycles. The number of hydrogen-bond acceptors (Lipinski definition) is 2.